The third-order valence-corrected chi connectivity index (χ3v) is 4.91. The van der Waals surface area contributed by atoms with E-state index in [9.17, 15) is 19.2 Å². The molecule has 1 fully saturated rings. The van der Waals surface area contributed by atoms with Crippen LogP contribution < -0.4 is 5.73 Å². The number of hydrogen-bond acceptors (Lipinski definition) is 5. The molecule has 7 heteroatoms. The van der Waals surface area contributed by atoms with Gasteiger partial charge >= 0.3 is 0 Å². The third kappa shape index (κ3) is 3.46. The van der Waals surface area contributed by atoms with Crippen molar-refractivity contribution in [3.8, 4) is 6.07 Å². The van der Waals surface area contributed by atoms with E-state index in [2.05, 4.69) is 0 Å². The molecular weight excluding hydrogens is 335 g/mol. The molecule has 0 bridgehead atoms. The summed E-state index contributed by atoms with van der Waals surface area (Å²) in [6, 6.07) is 5.86. The number of piperidine rings is 1. The molecule has 0 spiro atoms. The highest BCUT2D eigenvalue weighted by Crippen LogP contribution is 2.27. The number of nitrogens with two attached hydrogens (primary N) is 1. The SMILES string of the molecule is CC1C(=O)C=C(N2CCC[C@@H](N)C2)N(Cc2cc(F)ccc2C#N)C1=O. The van der Waals surface area contributed by atoms with E-state index in [1.807, 2.05) is 11.0 Å². The lowest BCUT2D eigenvalue weighted by Gasteiger charge is -2.41. The topological polar surface area (TPSA) is 90.4 Å². The van der Waals surface area contributed by atoms with E-state index in [0.29, 0.717) is 30.0 Å². The van der Waals surface area contributed by atoms with E-state index in [1.54, 1.807) is 6.92 Å². The Kier molecular flexibility index (Phi) is 5.05. The zero-order chi connectivity index (χ0) is 18.8. The van der Waals surface area contributed by atoms with Crippen LogP contribution in [0.3, 0.4) is 0 Å². The van der Waals surface area contributed by atoms with E-state index in [1.165, 1.54) is 29.2 Å². The van der Waals surface area contributed by atoms with Crippen LogP contribution >= 0.6 is 0 Å². The Balaban J connectivity index is 1.97. The molecule has 136 valence electrons. The van der Waals surface area contributed by atoms with Gasteiger partial charge in [-0.15, -0.1) is 0 Å². The first-order valence-corrected chi connectivity index (χ1v) is 8.66. The van der Waals surface area contributed by atoms with Crippen LogP contribution in [0, 0.1) is 23.1 Å². The Bertz CT molecular complexity index is 814. The summed E-state index contributed by atoms with van der Waals surface area (Å²) in [6.07, 6.45) is 3.23. The number of carbonyl (C=O) groups excluding carboxylic acids is 2. The molecule has 2 aliphatic rings. The van der Waals surface area contributed by atoms with Gasteiger partial charge in [-0.1, -0.05) is 0 Å². The Hall–Kier alpha value is -2.72. The molecule has 2 aliphatic heterocycles. The Labute approximate surface area is 151 Å². The van der Waals surface area contributed by atoms with Crippen molar-refractivity contribution in [3.63, 3.8) is 0 Å². The van der Waals surface area contributed by atoms with Crippen LogP contribution in [0.5, 0.6) is 0 Å². The quantitative estimate of drug-likeness (QED) is 0.829. The number of ketones is 1. The van der Waals surface area contributed by atoms with Crippen molar-refractivity contribution in [1.82, 2.24) is 9.80 Å². The normalized spacial score (nSPS) is 23.7. The minimum Gasteiger partial charge on any atom is -0.356 e. The average molecular weight is 356 g/mol. The number of carbonyl (C=O) groups is 2. The molecule has 0 aromatic heterocycles. The largest absolute Gasteiger partial charge is 0.356 e. The molecule has 26 heavy (non-hydrogen) atoms. The number of benzene rings is 1. The van der Waals surface area contributed by atoms with E-state index in [-0.39, 0.29) is 24.3 Å². The van der Waals surface area contributed by atoms with Crippen molar-refractivity contribution < 1.29 is 14.0 Å². The molecule has 1 amide bonds. The zero-order valence-electron chi connectivity index (χ0n) is 14.6. The molecule has 0 radical (unpaired) electrons. The molecule has 2 heterocycles. The van der Waals surface area contributed by atoms with Crippen LogP contribution in [0.2, 0.25) is 0 Å². The van der Waals surface area contributed by atoms with Crippen LogP contribution in [0.4, 0.5) is 4.39 Å². The second-order valence-electron chi connectivity index (χ2n) is 6.81. The van der Waals surface area contributed by atoms with Crippen molar-refractivity contribution in [2.24, 2.45) is 11.7 Å². The lowest BCUT2D eigenvalue weighted by atomic mass is 9.98. The number of nitrogens with zero attached hydrogens (tertiary/aromatic N) is 3. The monoisotopic (exact) mass is 356 g/mol. The number of halogens is 1. The van der Waals surface area contributed by atoms with Crippen molar-refractivity contribution in [2.75, 3.05) is 13.1 Å². The Morgan fingerprint density at radius 3 is 2.85 bits per heavy atom. The first-order chi connectivity index (χ1) is 12.4. The van der Waals surface area contributed by atoms with Gasteiger partial charge < -0.3 is 10.6 Å². The molecule has 2 N–H and O–H groups in total. The first-order valence-electron chi connectivity index (χ1n) is 8.66. The van der Waals surface area contributed by atoms with Gasteiger partial charge in [0.25, 0.3) is 0 Å². The van der Waals surface area contributed by atoms with Crippen LogP contribution in [-0.4, -0.2) is 40.6 Å². The minimum absolute atomic E-state index is 0.0279. The number of amides is 1. The maximum absolute atomic E-state index is 13.7. The van der Waals surface area contributed by atoms with Gasteiger partial charge in [0.15, 0.2) is 5.78 Å². The molecule has 1 aromatic carbocycles. The molecule has 1 aromatic rings. The number of nitriles is 1. The van der Waals surface area contributed by atoms with Gasteiger partial charge in [-0.2, -0.15) is 5.26 Å². The summed E-state index contributed by atoms with van der Waals surface area (Å²) >= 11 is 0. The molecule has 2 atom stereocenters. The summed E-state index contributed by atoms with van der Waals surface area (Å²) in [7, 11) is 0. The van der Waals surface area contributed by atoms with E-state index in [0.717, 1.165) is 12.8 Å². The number of likely N-dealkylation sites (tertiary alicyclic amines) is 1. The molecule has 1 saturated heterocycles. The summed E-state index contributed by atoms with van der Waals surface area (Å²) in [5, 5.41) is 9.28. The second kappa shape index (κ2) is 7.26. The van der Waals surface area contributed by atoms with Gasteiger partial charge in [0.1, 0.15) is 11.6 Å². The van der Waals surface area contributed by atoms with Gasteiger partial charge in [0, 0.05) is 25.2 Å². The summed E-state index contributed by atoms with van der Waals surface area (Å²) < 4.78 is 13.7. The number of allylic oxidation sites excluding steroid dienone is 1. The first kappa shape index (κ1) is 18.1. The Morgan fingerprint density at radius 2 is 2.15 bits per heavy atom. The average Bonchev–Trinajstić information content (AvgIpc) is 2.62. The van der Waals surface area contributed by atoms with Crippen molar-refractivity contribution in [3.05, 3.63) is 47.0 Å². The molecular formula is C19H21FN4O2. The Morgan fingerprint density at radius 1 is 1.38 bits per heavy atom. The summed E-state index contributed by atoms with van der Waals surface area (Å²) in [6.45, 7) is 2.84. The smallest absolute Gasteiger partial charge is 0.239 e. The van der Waals surface area contributed by atoms with Crippen LogP contribution in [-0.2, 0) is 16.1 Å². The van der Waals surface area contributed by atoms with Gasteiger partial charge in [0.05, 0.1) is 24.1 Å². The van der Waals surface area contributed by atoms with Gasteiger partial charge in [-0.25, -0.2) is 4.39 Å². The van der Waals surface area contributed by atoms with E-state index < -0.39 is 11.7 Å². The molecule has 1 unspecified atom stereocenters. The van der Waals surface area contributed by atoms with Crippen LogP contribution in [0.15, 0.2) is 30.1 Å². The second-order valence-corrected chi connectivity index (χ2v) is 6.81. The lowest BCUT2D eigenvalue weighted by Crippen LogP contribution is -2.51. The van der Waals surface area contributed by atoms with E-state index in [4.69, 9.17) is 5.73 Å². The van der Waals surface area contributed by atoms with Crippen molar-refractivity contribution >= 4 is 11.7 Å². The fourth-order valence-corrected chi connectivity index (χ4v) is 3.41. The number of rotatable bonds is 3. The van der Waals surface area contributed by atoms with Crippen LogP contribution in [0.25, 0.3) is 0 Å². The third-order valence-electron chi connectivity index (χ3n) is 4.91. The molecule has 0 aliphatic carbocycles. The predicted molar refractivity (Wildman–Crippen MR) is 92.7 cm³/mol. The lowest BCUT2D eigenvalue weighted by molar-refractivity contribution is -0.141. The number of hydrogen-bond donors (Lipinski definition) is 1. The fraction of sp³-hybridized carbons (Fsp3) is 0.421. The van der Waals surface area contributed by atoms with E-state index >= 15 is 0 Å². The van der Waals surface area contributed by atoms with Gasteiger partial charge in [-0.05, 0) is 43.5 Å². The summed E-state index contributed by atoms with van der Waals surface area (Å²) in [5.41, 5.74) is 6.76. The van der Waals surface area contributed by atoms with Crippen molar-refractivity contribution in [1.29, 1.82) is 5.26 Å². The minimum atomic E-state index is -0.795. The maximum atomic E-state index is 13.7. The van der Waals surface area contributed by atoms with Crippen molar-refractivity contribution in [2.45, 2.75) is 32.4 Å². The van der Waals surface area contributed by atoms with Crippen LogP contribution in [0.1, 0.15) is 30.9 Å². The highest BCUT2D eigenvalue weighted by atomic mass is 19.1. The predicted octanol–water partition coefficient (Wildman–Crippen LogP) is 1.51. The summed E-state index contributed by atoms with van der Waals surface area (Å²) in [4.78, 5) is 28.4. The summed E-state index contributed by atoms with van der Waals surface area (Å²) in [5.74, 6) is -1.38. The fourth-order valence-electron chi connectivity index (χ4n) is 3.41. The molecule has 3 rings (SSSR count). The molecule has 0 saturated carbocycles. The zero-order valence-corrected chi connectivity index (χ0v) is 14.6. The highest BCUT2D eigenvalue weighted by molar-refractivity contribution is 6.09. The highest BCUT2D eigenvalue weighted by Gasteiger charge is 2.36. The molecule has 6 nitrogen and oxygen atoms in total. The van der Waals surface area contributed by atoms with Gasteiger partial charge in [0.2, 0.25) is 5.91 Å². The standard InChI is InChI=1S/C19H21FN4O2/c1-12-17(25)8-18(23-6-2-3-16(22)11-23)24(19(12)26)10-14-7-15(20)5-4-13(14)9-21/h4-5,7-8,12,16H,2-3,6,10-11,22H2,1H3/t12?,16-/m1/s1. The van der Waals surface area contributed by atoms with Gasteiger partial charge in [-0.3, -0.25) is 14.5 Å². The maximum Gasteiger partial charge on any atom is 0.239 e.